The molecule has 20 heavy (non-hydrogen) atoms. The van der Waals surface area contributed by atoms with Gasteiger partial charge < -0.3 is 5.73 Å². The quantitative estimate of drug-likeness (QED) is 0.694. The first-order valence-electron chi connectivity index (χ1n) is 5.76. The zero-order valence-electron chi connectivity index (χ0n) is 10.7. The van der Waals surface area contributed by atoms with Crippen LogP contribution in [0.15, 0.2) is 36.4 Å². The highest BCUT2D eigenvalue weighted by molar-refractivity contribution is 7.80. The van der Waals surface area contributed by atoms with Gasteiger partial charge in [-0.05, 0) is 36.3 Å². The fourth-order valence-corrected chi connectivity index (χ4v) is 1.88. The minimum absolute atomic E-state index is 0.116. The third-order valence-corrected chi connectivity index (χ3v) is 3.17. The summed E-state index contributed by atoms with van der Waals surface area (Å²) in [5.41, 5.74) is 6.71. The van der Waals surface area contributed by atoms with Gasteiger partial charge in [0.1, 0.15) is 24.3 Å². The summed E-state index contributed by atoms with van der Waals surface area (Å²) >= 11 is 4.92. The van der Waals surface area contributed by atoms with Crippen molar-refractivity contribution < 1.29 is 8.78 Å². The molecule has 1 aromatic carbocycles. The summed E-state index contributed by atoms with van der Waals surface area (Å²) < 4.78 is 28.8. The first kappa shape index (κ1) is 14.3. The van der Waals surface area contributed by atoms with Crippen molar-refractivity contribution in [1.29, 1.82) is 0 Å². The highest BCUT2D eigenvalue weighted by Gasteiger charge is 2.14. The summed E-state index contributed by atoms with van der Waals surface area (Å²) in [6.07, 6.45) is 2.83. The normalized spacial score (nSPS) is 12.2. The zero-order valence-corrected chi connectivity index (χ0v) is 11.5. The second-order valence-corrected chi connectivity index (χ2v) is 4.62. The zero-order chi connectivity index (χ0) is 14.7. The van der Waals surface area contributed by atoms with Gasteiger partial charge in [-0.3, -0.25) is 0 Å². The molecule has 2 N–H and O–H groups in total. The van der Waals surface area contributed by atoms with E-state index < -0.39 is 11.6 Å². The van der Waals surface area contributed by atoms with Gasteiger partial charge in [-0.2, -0.15) is 5.10 Å². The molecule has 1 aromatic heterocycles. The maximum Gasteiger partial charge on any atom is 0.137 e. The summed E-state index contributed by atoms with van der Waals surface area (Å²) in [5.74, 6) is -1.08. The van der Waals surface area contributed by atoms with E-state index in [-0.39, 0.29) is 17.1 Å². The van der Waals surface area contributed by atoms with Crippen molar-refractivity contribution in [2.45, 2.75) is 13.5 Å². The van der Waals surface area contributed by atoms with E-state index >= 15 is 0 Å². The molecular weight excluding hydrogens is 282 g/mol. The molecular formula is C13H12F2N4S. The number of benzene rings is 1. The topological polar surface area (TPSA) is 56.7 Å². The summed E-state index contributed by atoms with van der Waals surface area (Å²) in [4.78, 5) is 3.94. The van der Waals surface area contributed by atoms with Gasteiger partial charge in [0, 0.05) is 5.56 Å². The molecule has 0 unspecified atom stereocenters. The first-order chi connectivity index (χ1) is 9.49. The number of halogens is 2. The Bertz CT molecular complexity index is 665. The van der Waals surface area contributed by atoms with Gasteiger partial charge in [0.15, 0.2) is 0 Å². The second kappa shape index (κ2) is 5.87. The molecule has 0 bridgehead atoms. The standard InChI is InChI=1S/C13H12F2N4S/c1-8(13(16)20)11(5-19-7-17-6-18-19)10-4-9(14)2-3-12(10)15/h2-4,6-7H,5H2,1H3,(H2,16,20)/b11-8-. The Labute approximate surface area is 119 Å². The van der Waals surface area contributed by atoms with E-state index in [1.807, 2.05) is 0 Å². The lowest BCUT2D eigenvalue weighted by Gasteiger charge is -2.13. The molecule has 0 fully saturated rings. The van der Waals surface area contributed by atoms with E-state index in [2.05, 4.69) is 10.1 Å². The average Bonchev–Trinajstić information content (AvgIpc) is 2.91. The van der Waals surface area contributed by atoms with Gasteiger partial charge in [-0.25, -0.2) is 18.4 Å². The molecule has 0 aliphatic heterocycles. The Kier molecular flexibility index (Phi) is 4.19. The maximum absolute atomic E-state index is 13.9. The van der Waals surface area contributed by atoms with Crippen molar-refractivity contribution in [3.63, 3.8) is 0 Å². The van der Waals surface area contributed by atoms with Crippen molar-refractivity contribution in [3.8, 4) is 0 Å². The van der Waals surface area contributed by atoms with Crippen molar-refractivity contribution in [2.75, 3.05) is 0 Å². The van der Waals surface area contributed by atoms with E-state index in [1.165, 1.54) is 17.3 Å². The van der Waals surface area contributed by atoms with Crippen LogP contribution in [0.5, 0.6) is 0 Å². The molecule has 1 heterocycles. The molecule has 0 atom stereocenters. The number of rotatable bonds is 4. The van der Waals surface area contributed by atoms with E-state index in [9.17, 15) is 8.78 Å². The van der Waals surface area contributed by atoms with E-state index in [4.69, 9.17) is 18.0 Å². The lowest BCUT2D eigenvalue weighted by molar-refractivity contribution is 0.594. The Balaban J connectivity index is 2.55. The minimum Gasteiger partial charge on any atom is -0.390 e. The third-order valence-electron chi connectivity index (χ3n) is 2.86. The number of hydrogen-bond acceptors (Lipinski definition) is 3. The number of hydrogen-bond donors (Lipinski definition) is 1. The first-order valence-corrected chi connectivity index (χ1v) is 6.17. The average molecular weight is 294 g/mol. The predicted molar refractivity (Wildman–Crippen MR) is 75.8 cm³/mol. The fourth-order valence-electron chi connectivity index (χ4n) is 1.76. The SMILES string of the molecule is C/C(C(N)=S)=C(\Cn1cncn1)c1cc(F)ccc1F. The van der Waals surface area contributed by atoms with Crippen LogP contribution in [-0.2, 0) is 6.54 Å². The lowest BCUT2D eigenvalue weighted by atomic mass is 10.00. The van der Waals surface area contributed by atoms with Crippen molar-refractivity contribution in [3.05, 3.63) is 53.6 Å². The Morgan fingerprint density at radius 1 is 1.40 bits per heavy atom. The fraction of sp³-hybridized carbons (Fsp3) is 0.154. The van der Waals surface area contributed by atoms with Crippen LogP contribution in [-0.4, -0.2) is 19.8 Å². The molecule has 7 heteroatoms. The second-order valence-electron chi connectivity index (χ2n) is 4.19. The largest absolute Gasteiger partial charge is 0.390 e. The highest BCUT2D eigenvalue weighted by Crippen LogP contribution is 2.24. The van der Waals surface area contributed by atoms with Gasteiger partial charge in [0.05, 0.1) is 11.5 Å². The molecule has 104 valence electrons. The van der Waals surface area contributed by atoms with Gasteiger partial charge >= 0.3 is 0 Å². The van der Waals surface area contributed by atoms with Crippen LogP contribution in [0.25, 0.3) is 5.57 Å². The summed E-state index contributed by atoms with van der Waals surface area (Å²) in [5, 5.41) is 3.95. The monoisotopic (exact) mass is 294 g/mol. The summed E-state index contributed by atoms with van der Waals surface area (Å²) in [7, 11) is 0. The number of nitrogens with two attached hydrogens (primary N) is 1. The van der Waals surface area contributed by atoms with Crippen LogP contribution >= 0.6 is 12.2 Å². The van der Waals surface area contributed by atoms with E-state index in [1.54, 1.807) is 6.92 Å². The van der Waals surface area contributed by atoms with Crippen LogP contribution in [0.4, 0.5) is 8.78 Å². The third kappa shape index (κ3) is 3.05. The van der Waals surface area contributed by atoms with Crippen molar-refractivity contribution in [2.24, 2.45) is 5.73 Å². The minimum atomic E-state index is -0.544. The molecule has 0 aliphatic carbocycles. The Morgan fingerprint density at radius 3 is 2.75 bits per heavy atom. The van der Waals surface area contributed by atoms with Gasteiger partial charge in [-0.15, -0.1) is 0 Å². The van der Waals surface area contributed by atoms with Crippen LogP contribution < -0.4 is 5.73 Å². The maximum atomic E-state index is 13.9. The van der Waals surface area contributed by atoms with Crippen molar-refractivity contribution >= 4 is 22.8 Å². The molecule has 0 saturated heterocycles. The lowest BCUT2D eigenvalue weighted by Crippen LogP contribution is -2.14. The number of nitrogens with zero attached hydrogens (tertiary/aromatic N) is 3. The number of allylic oxidation sites excluding steroid dienone is 1. The predicted octanol–water partition coefficient (Wildman–Crippen LogP) is 2.32. The van der Waals surface area contributed by atoms with Crippen LogP contribution in [0.2, 0.25) is 0 Å². The van der Waals surface area contributed by atoms with Gasteiger partial charge in [0.2, 0.25) is 0 Å². The Hall–Kier alpha value is -2.15. The molecule has 0 radical (unpaired) electrons. The number of aromatic nitrogens is 3. The summed E-state index contributed by atoms with van der Waals surface area (Å²) in [6, 6.07) is 3.24. The van der Waals surface area contributed by atoms with E-state index in [0.717, 1.165) is 18.2 Å². The van der Waals surface area contributed by atoms with Crippen molar-refractivity contribution in [1.82, 2.24) is 14.8 Å². The van der Waals surface area contributed by atoms with Gasteiger partial charge in [-0.1, -0.05) is 12.2 Å². The molecule has 0 saturated carbocycles. The smallest absolute Gasteiger partial charge is 0.137 e. The number of thiocarbonyl (C=S) groups is 1. The molecule has 2 rings (SSSR count). The van der Waals surface area contributed by atoms with Gasteiger partial charge in [0.25, 0.3) is 0 Å². The molecule has 0 amide bonds. The highest BCUT2D eigenvalue weighted by atomic mass is 32.1. The van der Waals surface area contributed by atoms with E-state index in [0.29, 0.717) is 11.1 Å². The van der Waals surface area contributed by atoms with Crippen LogP contribution in [0.1, 0.15) is 12.5 Å². The summed E-state index contributed by atoms with van der Waals surface area (Å²) in [6.45, 7) is 1.86. The molecule has 2 aromatic rings. The van der Waals surface area contributed by atoms with Crippen LogP contribution in [0.3, 0.4) is 0 Å². The molecule has 4 nitrogen and oxygen atoms in total. The molecule has 0 aliphatic rings. The van der Waals surface area contributed by atoms with Crippen LogP contribution in [0, 0.1) is 11.6 Å². The Morgan fingerprint density at radius 2 is 2.15 bits per heavy atom. The molecule has 0 spiro atoms.